The summed E-state index contributed by atoms with van der Waals surface area (Å²) in [7, 11) is -4.21. The first-order valence-corrected chi connectivity index (χ1v) is 10.6. The minimum Gasteiger partial charge on any atom is -0.505 e. The van der Waals surface area contributed by atoms with Gasteiger partial charge in [0.1, 0.15) is 11.0 Å². The zero-order valence-electron chi connectivity index (χ0n) is 14.2. The summed E-state index contributed by atoms with van der Waals surface area (Å²) in [6.45, 7) is 1.63. The molecule has 1 saturated heterocycles. The zero-order valence-corrected chi connectivity index (χ0v) is 16.6. The van der Waals surface area contributed by atoms with Gasteiger partial charge in [-0.1, -0.05) is 29.3 Å². The van der Waals surface area contributed by atoms with Crippen LogP contribution in [0.5, 0.6) is 5.75 Å². The Balaban J connectivity index is 2.02. The SMILES string of the molecule is N#Cc1c(NS(=O)(=O)c2cc(Cl)cc(Cl)c2O)cccc1N1CCCCC1. The lowest BCUT2D eigenvalue weighted by Crippen LogP contribution is -2.30. The molecule has 0 spiro atoms. The Morgan fingerprint density at radius 3 is 2.52 bits per heavy atom. The number of hydrogen-bond donors (Lipinski definition) is 2. The van der Waals surface area contributed by atoms with Gasteiger partial charge < -0.3 is 10.0 Å². The van der Waals surface area contributed by atoms with Gasteiger partial charge in [-0.2, -0.15) is 5.26 Å². The molecule has 27 heavy (non-hydrogen) atoms. The van der Waals surface area contributed by atoms with E-state index >= 15 is 0 Å². The second-order valence-electron chi connectivity index (χ2n) is 6.20. The monoisotopic (exact) mass is 425 g/mol. The molecule has 0 aliphatic carbocycles. The van der Waals surface area contributed by atoms with Crippen LogP contribution in [0.1, 0.15) is 24.8 Å². The summed E-state index contributed by atoms with van der Waals surface area (Å²) in [5.41, 5.74) is 1.05. The van der Waals surface area contributed by atoms with Crippen molar-refractivity contribution in [3.8, 4) is 11.8 Å². The Morgan fingerprint density at radius 2 is 1.85 bits per heavy atom. The molecule has 0 amide bonds. The quantitative estimate of drug-likeness (QED) is 0.758. The van der Waals surface area contributed by atoms with E-state index in [-0.39, 0.29) is 21.3 Å². The molecule has 1 aliphatic rings. The van der Waals surface area contributed by atoms with Gasteiger partial charge in [0, 0.05) is 18.1 Å². The Morgan fingerprint density at radius 1 is 1.15 bits per heavy atom. The third-order valence-electron chi connectivity index (χ3n) is 4.38. The molecular formula is C18H17Cl2N3O3S. The number of nitriles is 1. The fourth-order valence-electron chi connectivity index (χ4n) is 3.09. The van der Waals surface area contributed by atoms with Crippen LogP contribution in [0.3, 0.4) is 0 Å². The van der Waals surface area contributed by atoms with Crippen LogP contribution in [0, 0.1) is 11.3 Å². The number of aromatic hydroxyl groups is 1. The van der Waals surface area contributed by atoms with Gasteiger partial charge in [-0.15, -0.1) is 0 Å². The van der Waals surface area contributed by atoms with Crippen molar-refractivity contribution in [3.05, 3.63) is 45.9 Å². The zero-order chi connectivity index (χ0) is 19.6. The molecular weight excluding hydrogens is 409 g/mol. The van der Waals surface area contributed by atoms with Gasteiger partial charge in [-0.25, -0.2) is 8.42 Å². The van der Waals surface area contributed by atoms with Gasteiger partial charge in [0.05, 0.1) is 22.0 Å². The average molecular weight is 426 g/mol. The molecule has 1 aliphatic heterocycles. The topological polar surface area (TPSA) is 93.4 Å². The summed E-state index contributed by atoms with van der Waals surface area (Å²) in [6.07, 6.45) is 3.19. The first-order chi connectivity index (χ1) is 12.8. The van der Waals surface area contributed by atoms with Crippen LogP contribution in [0.4, 0.5) is 11.4 Å². The fraction of sp³-hybridized carbons (Fsp3) is 0.278. The third-order valence-corrected chi connectivity index (χ3v) is 6.26. The number of piperidine rings is 1. The van der Waals surface area contributed by atoms with Crippen molar-refractivity contribution in [2.45, 2.75) is 24.2 Å². The van der Waals surface area contributed by atoms with Crippen LogP contribution < -0.4 is 9.62 Å². The molecule has 2 N–H and O–H groups in total. The number of nitrogens with zero attached hydrogens (tertiary/aromatic N) is 2. The molecule has 0 radical (unpaired) electrons. The minimum atomic E-state index is -4.21. The van der Waals surface area contributed by atoms with E-state index in [1.807, 2.05) is 0 Å². The van der Waals surface area contributed by atoms with Crippen molar-refractivity contribution in [1.29, 1.82) is 5.26 Å². The van der Waals surface area contributed by atoms with Crippen LogP contribution in [0.25, 0.3) is 0 Å². The molecule has 0 aromatic heterocycles. The lowest BCUT2D eigenvalue weighted by molar-refractivity contribution is 0.459. The average Bonchev–Trinajstić information content (AvgIpc) is 2.64. The molecule has 2 aromatic carbocycles. The molecule has 2 aromatic rings. The van der Waals surface area contributed by atoms with Gasteiger partial charge >= 0.3 is 0 Å². The molecule has 0 atom stereocenters. The second-order valence-corrected chi connectivity index (χ2v) is 8.69. The number of nitrogens with one attached hydrogen (secondary N) is 1. The summed E-state index contributed by atoms with van der Waals surface area (Å²) < 4.78 is 27.9. The molecule has 0 saturated carbocycles. The summed E-state index contributed by atoms with van der Waals surface area (Å²) in [5.74, 6) is -0.598. The summed E-state index contributed by atoms with van der Waals surface area (Å²) in [5, 5.41) is 19.6. The minimum absolute atomic E-state index is 0.0701. The van der Waals surface area contributed by atoms with Crippen LogP contribution >= 0.6 is 23.2 Å². The Labute approximate surface area is 168 Å². The number of phenols is 1. The van der Waals surface area contributed by atoms with Crippen LogP contribution in [-0.2, 0) is 10.0 Å². The van der Waals surface area contributed by atoms with E-state index in [0.717, 1.165) is 38.4 Å². The van der Waals surface area contributed by atoms with Gasteiger partial charge in [0.25, 0.3) is 10.0 Å². The second kappa shape index (κ2) is 7.85. The number of phenolic OH excluding ortho intramolecular Hbond substituents is 1. The van der Waals surface area contributed by atoms with Crippen molar-refractivity contribution in [1.82, 2.24) is 0 Å². The molecule has 1 fully saturated rings. The maximum atomic E-state index is 12.8. The van der Waals surface area contributed by atoms with E-state index in [9.17, 15) is 18.8 Å². The fourth-order valence-corrected chi connectivity index (χ4v) is 4.92. The predicted octanol–water partition coefficient (Wildman–Crippen LogP) is 4.36. The molecule has 6 nitrogen and oxygen atoms in total. The van der Waals surface area contributed by atoms with Crippen LogP contribution in [0.2, 0.25) is 10.0 Å². The van der Waals surface area contributed by atoms with Crippen LogP contribution in [0.15, 0.2) is 35.2 Å². The lowest BCUT2D eigenvalue weighted by atomic mass is 10.1. The molecule has 1 heterocycles. The molecule has 0 bridgehead atoms. The Kier molecular flexibility index (Phi) is 5.70. The highest BCUT2D eigenvalue weighted by Gasteiger charge is 2.24. The predicted molar refractivity (Wildman–Crippen MR) is 106 cm³/mol. The number of benzene rings is 2. The van der Waals surface area contributed by atoms with E-state index in [4.69, 9.17) is 23.2 Å². The van der Waals surface area contributed by atoms with Crippen molar-refractivity contribution in [2.75, 3.05) is 22.7 Å². The van der Waals surface area contributed by atoms with Gasteiger partial charge in [0.15, 0.2) is 5.75 Å². The van der Waals surface area contributed by atoms with E-state index in [1.165, 1.54) is 12.1 Å². The lowest BCUT2D eigenvalue weighted by Gasteiger charge is -2.30. The third kappa shape index (κ3) is 4.08. The van der Waals surface area contributed by atoms with Gasteiger partial charge in [-0.05, 0) is 43.5 Å². The van der Waals surface area contributed by atoms with Crippen molar-refractivity contribution < 1.29 is 13.5 Å². The molecule has 3 rings (SSSR count). The number of rotatable bonds is 4. The summed E-state index contributed by atoms with van der Waals surface area (Å²) in [4.78, 5) is 1.63. The van der Waals surface area contributed by atoms with Crippen molar-refractivity contribution in [3.63, 3.8) is 0 Å². The number of anilines is 2. The Hall–Kier alpha value is -2.14. The van der Waals surface area contributed by atoms with E-state index in [2.05, 4.69) is 15.7 Å². The van der Waals surface area contributed by atoms with Crippen molar-refractivity contribution >= 4 is 44.6 Å². The van der Waals surface area contributed by atoms with Crippen LogP contribution in [-0.4, -0.2) is 26.6 Å². The first-order valence-electron chi connectivity index (χ1n) is 8.32. The van der Waals surface area contributed by atoms with Gasteiger partial charge in [0.2, 0.25) is 0 Å². The highest BCUT2D eigenvalue weighted by atomic mass is 35.5. The van der Waals surface area contributed by atoms with Gasteiger partial charge in [-0.3, -0.25) is 4.72 Å². The normalized spacial score (nSPS) is 14.6. The maximum absolute atomic E-state index is 12.8. The smallest absolute Gasteiger partial charge is 0.265 e. The molecule has 0 unspecified atom stereocenters. The van der Waals surface area contributed by atoms with E-state index in [1.54, 1.807) is 12.1 Å². The number of hydrogen-bond acceptors (Lipinski definition) is 5. The van der Waals surface area contributed by atoms with Crippen molar-refractivity contribution in [2.24, 2.45) is 0 Å². The largest absolute Gasteiger partial charge is 0.505 e. The first kappa shape index (κ1) is 19.6. The highest BCUT2D eigenvalue weighted by Crippen LogP contribution is 2.36. The summed E-state index contributed by atoms with van der Waals surface area (Å²) in [6, 6.07) is 9.43. The number of sulfonamides is 1. The molecule has 142 valence electrons. The van der Waals surface area contributed by atoms with E-state index < -0.39 is 20.7 Å². The van der Waals surface area contributed by atoms with E-state index in [0.29, 0.717) is 5.69 Å². The maximum Gasteiger partial charge on any atom is 0.265 e. The number of halogens is 2. The Bertz CT molecular complexity index is 1010. The summed E-state index contributed by atoms with van der Waals surface area (Å²) >= 11 is 11.7. The standard InChI is InChI=1S/C18H17Cl2N3O3S/c19-12-9-14(20)18(24)17(10-12)27(25,26)22-15-5-4-6-16(13(15)11-21)23-7-2-1-3-8-23/h4-6,9-10,22,24H,1-3,7-8H2. The highest BCUT2D eigenvalue weighted by molar-refractivity contribution is 7.92. The molecule has 9 heteroatoms.